The van der Waals surface area contributed by atoms with E-state index in [9.17, 15) is 26.4 Å². The van der Waals surface area contributed by atoms with E-state index in [0.29, 0.717) is 25.9 Å². The predicted molar refractivity (Wildman–Crippen MR) is 95.9 cm³/mol. The van der Waals surface area contributed by atoms with Crippen LogP contribution in [0.5, 0.6) is 0 Å². The molecule has 1 heterocycles. The lowest BCUT2D eigenvalue weighted by Gasteiger charge is -2.31. The van der Waals surface area contributed by atoms with Crippen molar-refractivity contribution in [2.24, 2.45) is 0 Å². The summed E-state index contributed by atoms with van der Waals surface area (Å²) < 4.78 is 63.5. The molecule has 2 N–H and O–H groups in total. The first-order valence-electron chi connectivity index (χ1n) is 8.40. The quantitative estimate of drug-likeness (QED) is 0.758. The van der Waals surface area contributed by atoms with Gasteiger partial charge in [0.05, 0.1) is 16.3 Å². The van der Waals surface area contributed by atoms with Crippen LogP contribution in [0.15, 0.2) is 18.2 Å². The second-order valence-corrected chi connectivity index (χ2v) is 8.88. The first-order valence-corrected chi connectivity index (χ1v) is 10.4. The standard InChI is InChI=1S/C16H21ClF3N3O3S/c1-2-27(25,26)23-7-5-12(6-8-23)22-15(24)21-10-11-3-4-14(17)13(9-11)16(18,19)20/h3-4,9,12H,2,5-8,10H2,1H3,(H2,21,22,24). The number of amides is 2. The number of hydrogen-bond acceptors (Lipinski definition) is 3. The van der Waals surface area contributed by atoms with Crippen LogP contribution in [0.1, 0.15) is 30.9 Å². The Kier molecular flexibility index (Phi) is 6.98. The van der Waals surface area contributed by atoms with Gasteiger partial charge in [-0.2, -0.15) is 13.2 Å². The van der Waals surface area contributed by atoms with Crippen LogP contribution in [0.25, 0.3) is 0 Å². The molecule has 0 atom stereocenters. The Balaban J connectivity index is 1.84. The molecule has 0 spiro atoms. The number of benzene rings is 1. The molecular weight excluding hydrogens is 407 g/mol. The number of carbonyl (C=O) groups excluding carboxylic acids is 1. The van der Waals surface area contributed by atoms with Crippen molar-refractivity contribution >= 4 is 27.7 Å². The second kappa shape index (κ2) is 8.66. The van der Waals surface area contributed by atoms with Crippen molar-refractivity contribution in [3.05, 3.63) is 34.3 Å². The molecule has 11 heteroatoms. The molecule has 0 unspecified atom stereocenters. The lowest BCUT2D eigenvalue weighted by atomic mass is 10.1. The van der Waals surface area contributed by atoms with Gasteiger partial charge in [-0.05, 0) is 37.5 Å². The number of urea groups is 1. The van der Waals surface area contributed by atoms with Gasteiger partial charge >= 0.3 is 12.2 Å². The molecule has 0 aliphatic carbocycles. The lowest BCUT2D eigenvalue weighted by Crippen LogP contribution is -2.49. The van der Waals surface area contributed by atoms with Gasteiger partial charge < -0.3 is 10.6 Å². The van der Waals surface area contributed by atoms with Gasteiger partial charge in [0.15, 0.2) is 0 Å². The molecule has 0 aromatic heterocycles. The molecule has 0 bridgehead atoms. The minimum absolute atomic E-state index is 0.0343. The highest BCUT2D eigenvalue weighted by atomic mass is 35.5. The van der Waals surface area contributed by atoms with Crippen LogP contribution in [-0.2, 0) is 22.7 Å². The maximum absolute atomic E-state index is 12.8. The third kappa shape index (κ3) is 5.98. The first-order chi connectivity index (χ1) is 12.5. The van der Waals surface area contributed by atoms with E-state index in [1.165, 1.54) is 10.4 Å². The number of rotatable bonds is 5. The smallest absolute Gasteiger partial charge is 0.335 e. The van der Waals surface area contributed by atoms with Gasteiger partial charge in [-0.3, -0.25) is 0 Å². The molecule has 1 aromatic carbocycles. The number of carbonyl (C=O) groups is 1. The van der Waals surface area contributed by atoms with Crippen LogP contribution < -0.4 is 10.6 Å². The van der Waals surface area contributed by atoms with E-state index in [4.69, 9.17) is 11.6 Å². The Morgan fingerprint density at radius 1 is 1.30 bits per heavy atom. The molecule has 6 nitrogen and oxygen atoms in total. The predicted octanol–water partition coefficient (Wildman–Crippen LogP) is 2.97. The van der Waals surface area contributed by atoms with Crippen molar-refractivity contribution in [2.75, 3.05) is 18.8 Å². The van der Waals surface area contributed by atoms with E-state index in [1.807, 2.05) is 0 Å². The summed E-state index contributed by atoms with van der Waals surface area (Å²) in [5.74, 6) is 0.0343. The highest BCUT2D eigenvalue weighted by Crippen LogP contribution is 2.35. The molecule has 1 aliphatic heterocycles. The summed E-state index contributed by atoms with van der Waals surface area (Å²) in [6, 6.07) is 2.74. The number of nitrogens with zero attached hydrogens (tertiary/aromatic N) is 1. The van der Waals surface area contributed by atoms with Crippen LogP contribution in [-0.4, -0.2) is 43.6 Å². The zero-order valence-corrected chi connectivity index (χ0v) is 16.2. The Labute approximate surface area is 161 Å². The molecule has 1 fully saturated rings. The Morgan fingerprint density at radius 3 is 2.48 bits per heavy atom. The summed E-state index contributed by atoms with van der Waals surface area (Å²) in [6.45, 7) is 2.14. The van der Waals surface area contributed by atoms with E-state index < -0.39 is 32.8 Å². The summed E-state index contributed by atoms with van der Waals surface area (Å²) in [6.07, 6.45) is -3.61. The van der Waals surface area contributed by atoms with Gasteiger partial charge in [-0.25, -0.2) is 17.5 Å². The summed E-state index contributed by atoms with van der Waals surface area (Å²) in [7, 11) is -3.24. The number of alkyl halides is 3. The minimum Gasteiger partial charge on any atom is -0.335 e. The third-order valence-corrected chi connectivity index (χ3v) is 6.55. The summed E-state index contributed by atoms with van der Waals surface area (Å²) in [5, 5.41) is 4.82. The summed E-state index contributed by atoms with van der Waals surface area (Å²) in [5.41, 5.74) is -0.681. The van der Waals surface area contributed by atoms with E-state index in [-0.39, 0.29) is 23.9 Å². The fourth-order valence-electron chi connectivity index (χ4n) is 2.78. The van der Waals surface area contributed by atoms with Gasteiger partial charge in [0.2, 0.25) is 10.0 Å². The van der Waals surface area contributed by atoms with Gasteiger partial charge in [-0.15, -0.1) is 0 Å². The first kappa shape index (κ1) is 21.8. The monoisotopic (exact) mass is 427 g/mol. The molecule has 2 amide bonds. The van der Waals surface area contributed by atoms with Crippen molar-refractivity contribution in [2.45, 2.75) is 38.5 Å². The van der Waals surface area contributed by atoms with Crippen molar-refractivity contribution < 1.29 is 26.4 Å². The topological polar surface area (TPSA) is 78.5 Å². The average molecular weight is 428 g/mol. The van der Waals surface area contributed by atoms with E-state index >= 15 is 0 Å². The molecule has 27 heavy (non-hydrogen) atoms. The van der Waals surface area contributed by atoms with Crippen LogP contribution in [0.2, 0.25) is 5.02 Å². The van der Waals surface area contributed by atoms with Crippen LogP contribution in [0.3, 0.4) is 0 Å². The Hall–Kier alpha value is -1.52. The maximum Gasteiger partial charge on any atom is 0.417 e. The molecule has 2 rings (SSSR count). The van der Waals surface area contributed by atoms with Crippen LogP contribution in [0.4, 0.5) is 18.0 Å². The second-order valence-electron chi connectivity index (χ2n) is 6.21. The van der Waals surface area contributed by atoms with E-state index in [0.717, 1.165) is 12.1 Å². The third-order valence-electron chi connectivity index (χ3n) is 4.34. The van der Waals surface area contributed by atoms with Gasteiger partial charge in [0.25, 0.3) is 0 Å². The minimum atomic E-state index is -4.57. The fourth-order valence-corrected chi connectivity index (χ4v) is 4.14. The molecular formula is C16H21ClF3N3O3S. The zero-order valence-electron chi connectivity index (χ0n) is 14.6. The maximum atomic E-state index is 12.8. The molecule has 1 saturated heterocycles. The highest BCUT2D eigenvalue weighted by Gasteiger charge is 2.33. The molecule has 1 aromatic rings. The Bertz CT molecular complexity index is 779. The summed E-state index contributed by atoms with van der Waals surface area (Å²) in [4.78, 5) is 12.0. The lowest BCUT2D eigenvalue weighted by molar-refractivity contribution is -0.137. The zero-order chi connectivity index (χ0) is 20.2. The van der Waals surface area contributed by atoms with Crippen molar-refractivity contribution in [3.8, 4) is 0 Å². The normalized spacial score (nSPS) is 16.9. The van der Waals surface area contributed by atoms with E-state index in [1.54, 1.807) is 6.92 Å². The van der Waals surface area contributed by atoms with Crippen molar-refractivity contribution in [3.63, 3.8) is 0 Å². The van der Waals surface area contributed by atoms with Crippen LogP contribution in [0, 0.1) is 0 Å². The van der Waals surface area contributed by atoms with Gasteiger partial charge in [0.1, 0.15) is 0 Å². The van der Waals surface area contributed by atoms with Crippen molar-refractivity contribution in [1.82, 2.24) is 14.9 Å². The number of piperidine rings is 1. The fraction of sp³-hybridized carbons (Fsp3) is 0.562. The molecule has 152 valence electrons. The highest BCUT2D eigenvalue weighted by molar-refractivity contribution is 7.89. The largest absolute Gasteiger partial charge is 0.417 e. The Morgan fingerprint density at radius 2 is 1.93 bits per heavy atom. The SMILES string of the molecule is CCS(=O)(=O)N1CCC(NC(=O)NCc2ccc(Cl)c(C(F)(F)F)c2)CC1. The van der Waals surface area contributed by atoms with E-state index in [2.05, 4.69) is 10.6 Å². The summed E-state index contributed by atoms with van der Waals surface area (Å²) >= 11 is 5.56. The number of sulfonamides is 1. The van der Waals surface area contributed by atoms with Gasteiger partial charge in [-0.1, -0.05) is 17.7 Å². The molecule has 0 saturated carbocycles. The van der Waals surface area contributed by atoms with Gasteiger partial charge in [0, 0.05) is 25.7 Å². The van der Waals surface area contributed by atoms with Crippen molar-refractivity contribution in [1.29, 1.82) is 0 Å². The van der Waals surface area contributed by atoms with Crippen LogP contribution >= 0.6 is 11.6 Å². The number of halogens is 4. The number of nitrogens with one attached hydrogen (secondary N) is 2. The molecule has 0 radical (unpaired) electrons. The number of hydrogen-bond donors (Lipinski definition) is 2. The average Bonchev–Trinajstić information content (AvgIpc) is 2.60. The molecule has 1 aliphatic rings.